The molecule has 0 bridgehead atoms. The van der Waals surface area contributed by atoms with Crippen molar-refractivity contribution in [2.75, 3.05) is 0 Å². The smallest absolute Gasteiger partial charge is 0.418 e. The topological polar surface area (TPSA) is 39.9 Å². The molecular formula is C30H18ClF4N3O. The third-order valence-electron chi connectivity index (χ3n) is 6.35. The molecule has 0 aliphatic rings. The number of fused-ring (bicyclic) bond motifs is 2. The maximum atomic E-state index is 13.9. The molecule has 194 valence electrons. The molecule has 39 heavy (non-hydrogen) atoms. The number of ether oxygens (including phenoxy) is 1. The van der Waals surface area contributed by atoms with Crippen molar-refractivity contribution < 1.29 is 22.3 Å². The van der Waals surface area contributed by atoms with E-state index >= 15 is 0 Å². The summed E-state index contributed by atoms with van der Waals surface area (Å²) in [5.74, 6) is 0.563. The summed E-state index contributed by atoms with van der Waals surface area (Å²) < 4.78 is 63.0. The van der Waals surface area contributed by atoms with E-state index in [1.807, 2.05) is 30.3 Å². The summed E-state index contributed by atoms with van der Waals surface area (Å²) >= 11 is 6.26. The Morgan fingerprint density at radius 2 is 1.64 bits per heavy atom. The van der Waals surface area contributed by atoms with Gasteiger partial charge in [-0.1, -0.05) is 48.0 Å². The van der Waals surface area contributed by atoms with Gasteiger partial charge in [0.1, 0.15) is 22.8 Å². The molecule has 0 fully saturated rings. The highest BCUT2D eigenvalue weighted by atomic mass is 35.5. The standard InChI is InChI=1S/C30H18ClF4N3O/c31-25-16-20(32)13-12-19(25)17-38-29(23-7-2-9-24(28(23)37-38)30(33,34)35)18-5-1-6-21(15-18)39-27-11-3-10-26-22(27)8-4-14-36-26/h1-16H,17H2. The first-order valence-electron chi connectivity index (χ1n) is 11.9. The molecule has 0 spiro atoms. The fourth-order valence-electron chi connectivity index (χ4n) is 4.61. The second kappa shape index (κ2) is 9.71. The number of hydrogen-bond acceptors (Lipinski definition) is 3. The molecule has 0 saturated carbocycles. The van der Waals surface area contributed by atoms with Gasteiger partial charge in [0.15, 0.2) is 0 Å². The van der Waals surface area contributed by atoms with Crippen LogP contribution in [0.1, 0.15) is 11.1 Å². The summed E-state index contributed by atoms with van der Waals surface area (Å²) in [6, 6.07) is 24.1. The second-order valence-electron chi connectivity index (χ2n) is 8.90. The van der Waals surface area contributed by atoms with Crippen LogP contribution in [0.2, 0.25) is 5.02 Å². The molecule has 0 amide bonds. The number of benzene rings is 4. The summed E-state index contributed by atoms with van der Waals surface area (Å²) in [4.78, 5) is 4.35. The normalized spacial score (nSPS) is 11.8. The van der Waals surface area contributed by atoms with Gasteiger partial charge in [-0.25, -0.2) is 4.39 Å². The van der Waals surface area contributed by atoms with Crippen molar-refractivity contribution >= 4 is 33.4 Å². The van der Waals surface area contributed by atoms with E-state index in [-0.39, 0.29) is 17.1 Å². The highest BCUT2D eigenvalue weighted by molar-refractivity contribution is 6.31. The minimum absolute atomic E-state index is 0.0283. The molecule has 0 aliphatic heterocycles. The number of hydrogen-bond donors (Lipinski definition) is 0. The number of halogens is 5. The lowest BCUT2D eigenvalue weighted by Crippen LogP contribution is -2.07. The zero-order valence-corrected chi connectivity index (χ0v) is 20.8. The van der Waals surface area contributed by atoms with E-state index in [9.17, 15) is 17.6 Å². The van der Waals surface area contributed by atoms with E-state index in [4.69, 9.17) is 16.3 Å². The lowest BCUT2D eigenvalue weighted by molar-refractivity contribution is -0.136. The average molecular weight is 548 g/mol. The molecule has 0 N–H and O–H groups in total. The van der Waals surface area contributed by atoms with Crippen LogP contribution in [0.25, 0.3) is 33.1 Å². The van der Waals surface area contributed by atoms with Gasteiger partial charge in [0.2, 0.25) is 0 Å². The van der Waals surface area contributed by atoms with Gasteiger partial charge in [-0.05, 0) is 60.2 Å². The van der Waals surface area contributed by atoms with E-state index in [1.54, 1.807) is 36.5 Å². The van der Waals surface area contributed by atoms with E-state index in [0.717, 1.165) is 23.0 Å². The van der Waals surface area contributed by atoms with Crippen LogP contribution in [0, 0.1) is 5.82 Å². The van der Waals surface area contributed by atoms with Crippen LogP contribution in [0.5, 0.6) is 11.5 Å². The minimum atomic E-state index is -4.60. The monoisotopic (exact) mass is 547 g/mol. The van der Waals surface area contributed by atoms with Gasteiger partial charge in [-0.15, -0.1) is 0 Å². The summed E-state index contributed by atoms with van der Waals surface area (Å²) in [5, 5.41) is 5.65. The molecule has 0 saturated heterocycles. The summed E-state index contributed by atoms with van der Waals surface area (Å²) in [5.41, 5.74) is 1.28. The van der Waals surface area contributed by atoms with E-state index in [0.29, 0.717) is 33.7 Å². The van der Waals surface area contributed by atoms with Crippen LogP contribution in [-0.4, -0.2) is 14.8 Å². The van der Waals surface area contributed by atoms with Crippen molar-refractivity contribution in [1.29, 1.82) is 0 Å². The van der Waals surface area contributed by atoms with Crippen molar-refractivity contribution in [3.63, 3.8) is 0 Å². The minimum Gasteiger partial charge on any atom is -0.457 e. The van der Waals surface area contributed by atoms with Crippen LogP contribution in [0.15, 0.2) is 97.2 Å². The number of aromatic nitrogens is 3. The Kier molecular flexibility index (Phi) is 6.19. The molecule has 9 heteroatoms. The molecular weight excluding hydrogens is 530 g/mol. The summed E-state index contributed by atoms with van der Waals surface area (Å²) in [6.07, 6.45) is -2.90. The van der Waals surface area contributed by atoms with Crippen molar-refractivity contribution in [2.24, 2.45) is 0 Å². The van der Waals surface area contributed by atoms with Crippen LogP contribution in [0.3, 0.4) is 0 Å². The van der Waals surface area contributed by atoms with Gasteiger partial charge in [-0.3, -0.25) is 9.67 Å². The quantitative estimate of drug-likeness (QED) is 0.202. The van der Waals surface area contributed by atoms with Gasteiger partial charge in [0, 0.05) is 27.6 Å². The molecule has 6 rings (SSSR count). The molecule has 0 unspecified atom stereocenters. The zero-order chi connectivity index (χ0) is 27.1. The molecule has 0 radical (unpaired) electrons. The predicted molar refractivity (Wildman–Crippen MR) is 142 cm³/mol. The Hall–Kier alpha value is -4.43. The molecule has 0 atom stereocenters. The van der Waals surface area contributed by atoms with Crippen LogP contribution in [-0.2, 0) is 12.7 Å². The lowest BCUT2D eigenvalue weighted by Gasteiger charge is -2.12. The first kappa shape index (κ1) is 24.9. The van der Waals surface area contributed by atoms with Gasteiger partial charge in [-0.2, -0.15) is 18.3 Å². The van der Waals surface area contributed by atoms with Crippen LogP contribution < -0.4 is 4.74 Å². The second-order valence-corrected chi connectivity index (χ2v) is 9.30. The molecule has 6 aromatic rings. The number of alkyl halides is 3. The highest BCUT2D eigenvalue weighted by Gasteiger charge is 2.34. The molecule has 2 heterocycles. The Morgan fingerprint density at radius 3 is 2.46 bits per heavy atom. The molecule has 4 nitrogen and oxygen atoms in total. The largest absolute Gasteiger partial charge is 0.457 e. The maximum Gasteiger partial charge on any atom is 0.418 e. The highest BCUT2D eigenvalue weighted by Crippen LogP contribution is 2.39. The Morgan fingerprint density at radius 1 is 0.846 bits per heavy atom. The van der Waals surface area contributed by atoms with E-state index in [2.05, 4.69) is 10.1 Å². The average Bonchev–Trinajstić information content (AvgIpc) is 3.28. The molecule has 4 aromatic carbocycles. The lowest BCUT2D eigenvalue weighted by atomic mass is 10.0. The zero-order valence-electron chi connectivity index (χ0n) is 20.1. The third-order valence-corrected chi connectivity index (χ3v) is 6.70. The van der Waals surface area contributed by atoms with Crippen molar-refractivity contribution in [1.82, 2.24) is 14.8 Å². The van der Waals surface area contributed by atoms with E-state index < -0.39 is 17.6 Å². The van der Waals surface area contributed by atoms with Crippen LogP contribution >= 0.6 is 11.6 Å². The number of nitrogens with zero attached hydrogens (tertiary/aromatic N) is 3. The van der Waals surface area contributed by atoms with E-state index in [1.165, 1.54) is 22.9 Å². The third kappa shape index (κ3) is 4.79. The SMILES string of the molecule is Fc1ccc(Cn2nc3c(C(F)(F)F)cccc3c2-c2cccc(Oc3cccc4ncccc34)c2)c(Cl)c1. The number of rotatable bonds is 5. The summed E-state index contributed by atoms with van der Waals surface area (Å²) in [6.45, 7) is 0.0283. The molecule has 0 aliphatic carbocycles. The van der Waals surface area contributed by atoms with Crippen LogP contribution in [0.4, 0.5) is 17.6 Å². The number of pyridine rings is 1. The Balaban J connectivity index is 1.49. The first-order valence-corrected chi connectivity index (χ1v) is 12.3. The summed E-state index contributed by atoms with van der Waals surface area (Å²) in [7, 11) is 0. The first-order chi connectivity index (χ1) is 18.8. The molecule has 2 aromatic heterocycles. The van der Waals surface area contributed by atoms with Crippen molar-refractivity contribution in [3.8, 4) is 22.8 Å². The van der Waals surface area contributed by atoms with Crippen molar-refractivity contribution in [2.45, 2.75) is 12.7 Å². The van der Waals surface area contributed by atoms with Gasteiger partial charge in [0.25, 0.3) is 0 Å². The Labute approximate surface area is 225 Å². The maximum absolute atomic E-state index is 13.9. The van der Waals surface area contributed by atoms with Gasteiger partial charge in [0.05, 0.1) is 23.3 Å². The van der Waals surface area contributed by atoms with Gasteiger partial charge < -0.3 is 4.74 Å². The fraction of sp³-hybridized carbons (Fsp3) is 0.0667. The fourth-order valence-corrected chi connectivity index (χ4v) is 4.84. The predicted octanol–water partition coefficient (Wildman–Crippen LogP) is 8.90. The van der Waals surface area contributed by atoms with Gasteiger partial charge >= 0.3 is 6.18 Å². The Bertz CT molecular complexity index is 1840. The van der Waals surface area contributed by atoms with Crippen molar-refractivity contribution in [3.05, 3.63) is 119 Å².